The fraction of sp³-hybridized carbons (Fsp3) is 0.480. The van der Waals surface area contributed by atoms with Crippen LogP contribution in [-0.2, 0) is 18.0 Å². The topological polar surface area (TPSA) is 74.7 Å². The predicted octanol–water partition coefficient (Wildman–Crippen LogP) is 4.79. The van der Waals surface area contributed by atoms with Crippen molar-refractivity contribution in [2.75, 3.05) is 0 Å². The normalized spacial score (nSPS) is 32.9. The van der Waals surface area contributed by atoms with Gasteiger partial charge in [0.15, 0.2) is 5.82 Å². The molecule has 4 aliphatic rings. The summed E-state index contributed by atoms with van der Waals surface area (Å²) in [7, 11) is 0. The van der Waals surface area contributed by atoms with Crippen molar-refractivity contribution in [1.82, 2.24) is 20.6 Å². The molecule has 4 bridgehead atoms. The lowest BCUT2D eigenvalue weighted by molar-refractivity contribution is -0.137. The number of H-pyrrole nitrogens is 1. The summed E-state index contributed by atoms with van der Waals surface area (Å²) >= 11 is 0. The number of hydrogen-bond donors (Lipinski definition) is 2. The standard InChI is InChI=1S/C25H25F3N4O/c26-25(27,28)19-7-3-15(4-8-19)14-1-5-18(6-2-14)24(13-22-29-31-32-30-22)20-9-16-10-21(24)12-17(11-20)23(16)33/h1-8,16-17,20-21,23,33H,9-13H2,(H,29,30,31,32). The van der Waals surface area contributed by atoms with E-state index >= 15 is 0 Å². The monoisotopic (exact) mass is 454 g/mol. The van der Waals surface area contributed by atoms with Gasteiger partial charge in [0.1, 0.15) is 0 Å². The number of aliphatic hydroxyl groups excluding tert-OH is 1. The van der Waals surface area contributed by atoms with Crippen molar-refractivity contribution < 1.29 is 18.3 Å². The van der Waals surface area contributed by atoms with Crippen LogP contribution in [0.4, 0.5) is 13.2 Å². The Balaban J connectivity index is 1.36. The summed E-state index contributed by atoms with van der Waals surface area (Å²) in [6.45, 7) is 0. The smallest absolute Gasteiger partial charge is 0.393 e. The molecule has 4 aliphatic carbocycles. The lowest BCUT2D eigenvalue weighted by atomic mass is 9.42. The van der Waals surface area contributed by atoms with E-state index in [1.165, 1.54) is 17.7 Å². The van der Waals surface area contributed by atoms with Gasteiger partial charge in [0.25, 0.3) is 0 Å². The van der Waals surface area contributed by atoms with Crippen LogP contribution in [0.25, 0.3) is 11.1 Å². The maximum Gasteiger partial charge on any atom is 0.416 e. The summed E-state index contributed by atoms with van der Waals surface area (Å²) in [6, 6.07) is 13.6. The number of benzene rings is 2. The van der Waals surface area contributed by atoms with Crippen molar-refractivity contribution in [3.05, 3.63) is 65.5 Å². The van der Waals surface area contributed by atoms with Gasteiger partial charge in [-0.05, 0) is 78.2 Å². The Bertz CT molecular complexity index is 1100. The van der Waals surface area contributed by atoms with Gasteiger partial charge < -0.3 is 5.11 Å². The molecule has 0 aliphatic heterocycles. The molecule has 4 fully saturated rings. The van der Waals surface area contributed by atoms with Gasteiger partial charge in [0.05, 0.1) is 11.7 Å². The minimum Gasteiger partial charge on any atom is -0.393 e. The molecule has 1 aromatic heterocycles. The van der Waals surface area contributed by atoms with E-state index in [0.717, 1.165) is 48.9 Å². The first-order valence-electron chi connectivity index (χ1n) is 11.5. The summed E-state index contributed by atoms with van der Waals surface area (Å²) in [4.78, 5) is 0. The first kappa shape index (κ1) is 20.8. The third kappa shape index (κ3) is 3.29. The molecule has 172 valence electrons. The Morgan fingerprint density at radius 2 is 1.42 bits per heavy atom. The van der Waals surface area contributed by atoms with Crippen LogP contribution in [0.3, 0.4) is 0 Å². The molecule has 7 rings (SSSR count). The van der Waals surface area contributed by atoms with Crippen LogP contribution in [0, 0.1) is 23.7 Å². The van der Waals surface area contributed by atoms with Crippen molar-refractivity contribution in [2.45, 2.75) is 49.8 Å². The van der Waals surface area contributed by atoms with Gasteiger partial charge in [-0.15, -0.1) is 10.2 Å². The lowest BCUT2D eigenvalue weighted by Gasteiger charge is -2.63. The number of alkyl halides is 3. The molecule has 0 radical (unpaired) electrons. The van der Waals surface area contributed by atoms with Crippen molar-refractivity contribution in [1.29, 1.82) is 0 Å². The zero-order chi connectivity index (χ0) is 22.8. The number of rotatable bonds is 4. The van der Waals surface area contributed by atoms with Crippen LogP contribution in [0.1, 0.15) is 42.6 Å². The summed E-state index contributed by atoms with van der Waals surface area (Å²) in [5.41, 5.74) is 2.12. The van der Waals surface area contributed by atoms with Crippen molar-refractivity contribution in [3.63, 3.8) is 0 Å². The molecule has 5 nitrogen and oxygen atoms in total. The Hall–Kier alpha value is -2.74. The van der Waals surface area contributed by atoms with Crippen LogP contribution in [-0.4, -0.2) is 31.8 Å². The van der Waals surface area contributed by atoms with Crippen LogP contribution >= 0.6 is 0 Å². The molecule has 1 heterocycles. The molecule has 0 unspecified atom stereocenters. The molecule has 8 heteroatoms. The van der Waals surface area contributed by atoms with Crippen molar-refractivity contribution in [2.24, 2.45) is 23.7 Å². The highest BCUT2D eigenvalue weighted by Gasteiger charge is 2.60. The molecule has 3 aromatic rings. The predicted molar refractivity (Wildman–Crippen MR) is 115 cm³/mol. The largest absolute Gasteiger partial charge is 0.416 e. The van der Waals surface area contributed by atoms with Gasteiger partial charge in [-0.2, -0.15) is 18.4 Å². The molecular weight excluding hydrogens is 429 g/mol. The summed E-state index contributed by atoms with van der Waals surface area (Å²) in [5.74, 6) is 2.34. The molecule has 4 saturated carbocycles. The van der Waals surface area contributed by atoms with E-state index in [-0.39, 0.29) is 11.5 Å². The van der Waals surface area contributed by atoms with E-state index in [1.54, 1.807) is 0 Å². The maximum absolute atomic E-state index is 12.9. The van der Waals surface area contributed by atoms with E-state index < -0.39 is 11.7 Å². The van der Waals surface area contributed by atoms with E-state index in [0.29, 0.717) is 35.9 Å². The highest BCUT2D eigenvalue weighted by molar-refractivity contribution is 5.64. The number of aromatic amines is 1. The third-order valence-corrected chi connectivity index (χ3v) is 8.58. The highest BCUT2D eigenvalue weighted by Crippen LogP contribution is 2.63. The number of aromatic nitrogens is 4. The minimum absolute atomic E-state index is 0.115. The summed E-state index contributed by atoms with van der Waals surface area (Å²) in [5, 5.41) is 25.5. The van der Waals surface area contributed by atoms with Crippen molar-refractivity contribution >= 4 is 0 Å². The number of tetrazole rings is 1. The number of nitrogens with zero attached hydrogens (tertiary/aromatic N) is 3. The van der Waals surface area contributed by atoms with Gasteiger partial charge in [0.2, 0.25) is 0 Å². The Morgan fingerprint density at radius 3 is 1.91 bits per heavy atom. The van der Waals surface area contributed by atoms with Gasteiger partial charge in [-0.1, -0.05) is 41.6 Å². The number of halogens is 3. The van der Waals surface area contributed by atoms with E-state index in [1.807, 2.05) is 12.1 Å². The Kier molecular flexibility index (Phi) is 4.66. The third-order valence-electron chi connectivity index (χ3n) is 8.58. The van der Waals surface area contributed by atoms with Gasteiger partial charge in [-0.25, -0.2) is 0 Å². The first-order valence-corrected chi connectivity index (χ1v) is 11.5. The first-order chi connectivity index (χ1) is 15.8. The average Bonchev–Trinajstić information content (AvgIpc) is 3.30. The molecular formula is C25H25F3N4O. The van der Waals surface area contributed by atoms with Crippen molar-refractivity contribution in [3.8, 4) is 11.1 Å². The van der Waals surface area contributed by atoms with E-state index in [4.69, 9.17) is 0 Å². The average molecular weight is 454 g/mol. The van der Waals surface area contributed by atoms with Crippen LogP contribution in [0.5, 0.6) is 0 Å². The van der Waals surface area contributed by atoms with E-state index in [2.05, 4.69) is 32.8 Å². The SMILES string of the molecule is OC1C2CC3CC1CC(C2)C3(Cc1nn[nH]n1)c1ccc(-c2ccc(C(F)(F)F)cc2)cc1. The highest BCUT2D eigenvalue weighted by atomic mass is 19.4. The zero-order valence-electron chi connectivity index (χ0n) is 18.0. The number of nitrogens with one attached hydrogen (secondary N) is 1. The fourth-order valence-electron chi connectivity index (χ4n) is 7.17. The van der Waals surface area contributed by atoms with Crippen LogP contribution in [0.2, 0.25) is 0 Å². The van der Waals surface area contributed by atoms with Gasteiger partial charge in [0, 0.05) is 11.8 Å². The lowest BCUT2D eigenvalue weighted by Crippen LogP contribution is -2.61. The van der Waals surface area contributed by atoms with Gasteiger partial charge in [-0.3, -0.25) is 0 Å². The van der Waals surface area contributed by atoms with Gasteiger partial charge >= 0.3 is 6.18 Å². The Morgan fingerprint density at radius 1 is 0.879 bits per heavy atom. The molecule has 0 spiro atoms. The van der Waals surface area contributed by atoms with Crippen LogP contribution < -0.4 is 0 Å². The minimum atomic E-state index is -4.34. The number of hydrogen-bond acceptors (Lipinski definition) is 4. The zero-order valence-corrected chi connectivity index (χ0v) is 18.0. The second-order valence-electron chi connectivity index (χ2n) is 10.0. The molecule has 0 amide bonds. The van der Waals surface area contributed by atoms with E-state index in [9.17, 15) is 18.3 Å². The fourth-order valence-corrected chi connectivity index (χ4v) is 7.17. The quantitative estimate of drug-likeness (QED) is 0.594. The molecule has 0 atom stereocenters. The Labute approximate surface area is 189 Å². The molecule has 2 N–H and O–H groups in total. The second-order valence-corrected chi connectivity index (χ2v) is 10.0. The second kappa shape index (κ2) is 7.38. The molecule has 0 saturated heterocycles. The molecule has 33 heavy (non-hydrogen) atoms. The molecule has 2 aromatic carbocycles. The van der Waals surface area contributed by atoms with Crippen LogP contribution in [0.15, 0.2) is 48.5 Å². The summed E-state index contributed by atoms with van der Waals surface area (Å²) < 4.78 is 38.7. The number of aliphatic hydroxyl groups is 1. The maximum atomic E-state index is 12.9. The summed E-state index contributed by atoms with van der Waals surface area (Å²) in [6.07, 6.45) is 0.214.